The summed E-state index contributed by atoms with van der Waals surface area (Å²) in [6, 6.07) is 10.2. The lowest BCUT2D eigenvalue weighted by Gasteiger charge is -2.33. The molecule has 106 valence electrons. The second-order valence-corrected chi connectivity index (χ2v) is 7.35. The monoisotopic (exact) mass is 261 g/mol. The summed E-state index contributed by atoms with van der Waals surface area (Å²) in [5.41, 5.74) is 0.981. The molecule has 0 saturated carbocycles. The van der Waals surface area contributed by atoms with E-state index in [4.69, 9.17) is 0 Å². The van der Waals surface area contributed by atoms with Crippen LogP contribution in [0, 0.1) is 11.3 Å². The number of hydrogen-bond acceptors (Lipinski definition) is 1. The molecule has 0 aliphatic rings. The molecule has 0 saturated heterocycles. The molecule has 1 rings (SSSR count). The number of amides is 1. The summed E-state index contributed by atoms with van der Waals surface area (Å²) in [5, 5.41) is 3.11. The fourth-order valence-electron chi connectivity index (χ4n) is 2.10. The van der Waals surface area contributed by atoms with Gasteiger partial charge in [0.15, 0.2) is 0 Å². The molecule has 0 radical (unpaired) electrons. The van der Waals surface area contributed by atoms with Crippen LogP contribution in [0.4, 0.5) is 0 Å². The Balaban J connectivity index is 2.88. The summed E-state index contributed by atoms with van der Waals surface area (Å²) in [5.74, 6) is 0.123. The van der Waals surface area contributed by atoms with Crippen LogP contribution in [-0.2, 0) is 11.2 Å². The van der Waals surface area contributed by atoms with Gasteiger partial charge >= 0.3 is 0 Å². The van der Waals surface area contributed by atoms with Gasteiger partial charge < -0.3 is 5.32 Å². The van der Waals surface area contributed by atoms with Crippen LogP contribution in [0.3, 0.4) is 0 Å². The van der Waals surface area contributed by atoms with E-state index >= 15 is 0 Å². The Morgan fingerprint density at radius 1 is 1.05 bits per heavy atom. The topological polar surface area (TPSA) is 29.1 Å². The first-order valence-corrected chi connectivity index (χ1v) is 6.95. The minimum atomic E-state index is -0.183. The zero-order valence-electron chi connectivity index (χ0n) is 13.1. The van der Waals surface area contributed by atoms with Gasteiger partial charge in [0, 0.05) is 11.5 Å². The van der Waals surface area contributed by atoms with Crippen LogP contribution in [0.2, 0.25) is 0 Å². The predicted molar refractivity (Wildman–Crippen MR) is 81.0 cm³/mol. The normalized spacial score (nSPS) is 14.0. The maximum Gasteiger partial charge on any atom is 0.224 e. The van der Waals surface area contributed by atoms with Gasteiger partial charge in [0.25, 0.3) is 0 Å². The van der Waals surface area contributed by atoms with E-state index in [1.165, 1.54) is 5.56 Å². The Morgan fingerprint density at radius 3 is 2.00 bits per heavy atom. The standard InChI is InChI=1S/C17H27NO/c1-16(2,3)14(15(19)18-17(4,5)6)12-13-10-8-7-9-11-13/h7-11,14H,12H2,1-6H3,(H,18,19)/t14-/m1/s1. The number of nitrogens with one attached hydrogen (secondary N) is 1. The number of hydrogen-bond donors (Lipinski definition) is 1. The molecular weight excluding hydrogens is 234 g/mol. The molecule has 1 aromatic carbocycles. The molecular formula is C17H27NO. The van der Waals surface area contributed by atoms with E-state index in [2.05, 4.69) is 38.2 Å². The second kappa shape index (κ2) is 5.77. The molecule has 2 heteroatoms. The first-order chi connectivity index (χ1) is 8.59. The van der Waals surface area contributed by atoms with Crippen molar-refractivity contribution in [1.82, 2.24) is 5.32 Å². The van der Waals surface area contributed by atoms with E-state index < -0.39 is 0 Å². The van der Waals surface area contributed by atoms with E-state index in [1.807, 2.05) is 39.0 Å². The van der Waals surface area contributed by atoms with Gasteiger partial charge in [-0.05, 0) is 38.2 Å². The maximum atomic E-state index is 12.5. The summed E-state index contributed by atoms with van der Waals surface area (Å²) in [7, 11) is 0. The molecule has 0 spiro atoms. The SMILES string of the molecule is CC(C)(C)NC(=O)[C@@H](Cc1ccccc1)C(C)(C)C. The number of carbonyl (C=O) groups is 1. The molecule has 0 aliphatic heterocycles. The third-order valence-electron chi connectivity index (χ3n) is 3.14. The Morgan fingerprint density at radius 2 is 1.58 bits per heavy atom. The summed E-state index contributed by atoms with van der Waals surface area (Å²) in [6.07, 6.45) is 0.784. The Labute approximate surface area is 117 Å². The van der Waals surface area contributed by atoms with Crippen LogP contribution in [0.1, 0.15) is 47.1 Å². The maximum absolute atomic E-state index is 12.5. The number of rotatable bonds is 3. The van der Waals surface area contributed by atoms with Gasteiger partial charge in [0.1, 0.15) is 0 Å². The molecule has 0 aromatic heterocycles. The van der Waals surface area contributed by atoms with Crippen molar-refractivity contribution < 1.29 is 4.79 Å². The quantitative estimate of drug-likeness (QED) is 0.881. The third kappa shape index (κ3) is 5.46. The molecule has 0 unspecified atom stereocenters. The zero-order chi connectivity index (χ0) is 14.7. The van der Waals surface area contributed by atoms with Crippen molar-refractivity contribution in [3.05, 3.63) is 35.9 Å². The average Bonchev–Trinajstić information content (AvgIpc) is 2.23. The van der Waals surface area contributed by atoms with Crippen LogP contribution in [-0.4, -0.2) is 11.4 Å². The van der Waals surface area contributed by atoms with Crippen LogP contribution >= 0.6 is 0 Å². The molecule has 1 amide bonds. The fraction of sp³-hybridized carbons (Fsp3) is 0.588. The minimum absolute atomic E-state index is 0.0193. The third-order valence-corrected chi connectivity index (χ3v) is 3.14. The van der Waals surface area contributed by atoms with Crippen molar-refractivity contribution in [1.29, 1.82) is 0 Å². The summed E-state index contributed by atoms with van der Waals surface area (Å²) in [4.78, 5) is 12.5. The zero-order valence-corrected chi connectivity index (χ0v) is 13.1. The van der Waals surface area contributed by atoms with Crippen LogP contribution < -0.4 is 5.32 Å². The van der Waals surface area contributed by atoms with Crippen molar-refractivity contribution in [2.45, 2.75) is 53.5 Å². The van der Waals surface area contributed by atoms with E-state index in [-0.39, 0.29) is 22.8 Å². The van der Waals surface area contributed by atoms with E-state index in [1.54, 1.807) is 0 Å². The molecule has 19 heavy (non-hydrogen) atoms. The fourth-order valence-corrected chi connectivity index (χ4v) is 2.10. The second-order valence-electron chi connectivity index (χ2n) is 7.35. The van der Waals surface area contributed by atoms with Gasteiger partial charge in [-0.3, -0.25) is 4.79 Å². The highest BCUT2D eigenvalue weighted by atomic mass is 16.2. The number of benzene rings is 1. The van der Waals surface area contributed by atoms with E-state index in [0.29, 0.717) is 0 Å². The Kier molecular flexibility index (Phi) is 4.78. The lowest BCUT2D eigenvalue weighted by atomic mass is 9.76. The number of carbonyl (C=O) groups excluding carboxylic acids is 1. The molecule has 0 fully saturated rings. The van der Waals surface area contributed by atoms with Crippen molar-refractivity contribution >= 4 is 5.91 Å². The van der Waals surface area contributed by atoms with E-state index in [9.17, 15) is 4.79 Å². The molecule has 1 aromatic rings. The summed E-state index contributed by atoms with van der Waals surface area (Å²) in [6.45, 7) is 12.4. The molecule has 2 nitrogen and oxygen atoms in total. The molecule has 1 N–H and O–H groups in total. The highest BCUT2D eigenvalue weighted by molar-refractivity contribution is 5.80. The Hall–Kier alpha value is -1.31. The highest BCUT2D eigenvalue weighted by Crippen LogP contribution is 2.29. The lowest BCUT2D eigenvalue weighted by Crippen LogP contribution is -2.47. The van der Waals surface area contributed by atoms with Gasteiger partial charge in [0.2, 0.25) is 5.91 Å². The first kappa shape index (κ1) is 15.7. The van der Waals surface area contributed by atoms with Gasteiger partial charge in [-0.25, -0.2) is 0 Å². The van der Waals surface area contributed by atoms with Gasteiger partial charge in [-0.15, -0.1) is 0 Å². The smallest absolute Gasteiger partial charge is 0.224 e. The van der Waals surface area contributed by atoms with Crippen molar-refractivity contribution in [3.8, 4) is 0 Å². The Bertz CT molecular complexity index is 409. The van der Waals surface area contributed by atoms with Crippen molar-refractivity contribution in [2.24, 2.45) is 11.3 Å². The summed E-state index contributed by atoms with van der Waals surface area (Å²) < 4.78 is 0. The van der Waals surface area contributed by atoms with Gasteiger partial charge in [-0.1, -0.05) is 51.1 Å². The van der Waals surface area contributed by atoms with Crippen molar-refractivity contribution in [2.75, 3.05) is 0 Å². The predicted octanol–water partition coefficient (Wildman–Crippen LogP) is 3.81. The van der Waals surface area contributed by atoms with Crippen LogP contribution in [0.25, 0.3) is 0 Å². The summed E-state index contributed by atoms with van der Waals surface area (Å²) >= 11 is 0. The molecule has 0 bridgehead atoms. The minimum Gasteiger partial charge on any atom is -0.351 e. The lowest BCUT2D eigenvalue weighted by molar-refractivity contribution is -0.129. The first-order valence-electron chi connectivity index (χ1n) is 6.95. The van der Waals surface area contributed by atoms with Gasteiger partial charge in [-0.2, -0.15) is 0 Å². The van der Waals surface area contributed by atoms with Crippen molar-refractivity contribution in [3.63, 3.8) is 0 Å². The largest absolute Gasteiger partial charge is 0.351 e. The molecule has 0 heterocycles. The molecule has 1 atom stereocenters. The van der Waals surface area contributed by atoms with Crippen LogP contribution in [0.15, 0.2) is 30.3 Å². The molecule has 0 aliphatic carbocycles. The van der Waals surface area contributed by atoms with Crippen LogP contribution in [0.5, 0.6) is 0 Å². The van der Waals surface area contributed by atoms with E-state index in [0.717, 1.165) is 6.42 Å². The average molecular weight is 261 g/mol. The highest BCUT2D eigenvalue weighted by Gasteiger charge is 2.32. The van der Waals surface area contributed by atoms with Gasteiger partial charge in [0.05, 0.1) is 0 Å².